The number of nitrogens with one attached hydrogen (secondary N) is 2. The van der Waals surface area contributed by atoms with Gasteiger partial charge in [-0.1, -0.05) is 23.8 Å². The van der Waals surface area contributed by atoms with E-state index in [0.29, 0.717) is 5.69 Å². The first-order valence-corrected chi connectivity index (χ1v) is 6.14. The smallest absolute Gasteiger partial charge is 0.337 e. The highest BCUT2D eigenvalue weighted by molar-refractivity contribution is 6.04. The molecule has 0 saturated heterocycles. The van der Waals surface area contributed by atoms with Gasteiger partial charge in [-0.25, -0.2) is 14.0 Å². The van der Waals surface area contributed by atoms with E-state index in [2.05, 4.69) is 10.6 Å². The molecule has 0 aliphatic rings. The Bertz CT molecular complexity index is 684. The maximum absolute atomic E-state index is 13.7. The molecular formula is C15H13FN2O3. The van der Waals surface area contributed by atoms with E-state index in [1.54, 1.807) is 24.3 Å². The molecule has 0 atom stereocenters. The van der Waals surface area contributed by atoms with E-state index >= 15 is 0 Å². The van der Waals surface area contributed by atoms with Gasteiger partial charge in [0.25, 0.3) is 0 Å². The van der Waals surface area contributed by atoms with Crippen LogP contribution in [0.4, 0.5) is 20.6 Å². The first kappa shape index (κ1) is 14.5. The van der Waals surface area contributed by atoms with Crippen LogP contribution in [-0.4, -0.2) is 17.1 Å². The molecule has 0 spiro atoms. The fourth-order valence-electron chi connectivity index (χ4n) is 1.74. The number of carbonyl (C=O) groups is 2. The number of anilines is 2. The van der Waals surface area contributed by atoms with Crippen molar-refractivity contribution in [1.82, 2.24) is 0 Å². The van der Waals surface area contributed by atoms with Crippen molar-refractivity contribution in [3.63, 3.8) is 0 Å². The number of halogens is 1. The van der Waals surface area contributed by atoms with Gasteiger partial charge >= 0.3 is 12.0 Å². The Labute approximate surface area is 120 Å². The molecule has 0 bridgehead atoms. The number of benzene rings is 2. The quantitative estimate of drug-likeness (QED) is 0.809. The summed E-state index contributed by atoms with van der Waals surface area (Å²) < 4.78 is 13.7. The fraction of sp³-hybridized carbons (Fsp3) is 0.0667. The van der Waals surface area contributed by atoms with Gasteiger partial charge in [0.15, 0.2) is 0 Å². The third kappa shape index (κ3) is 3.56. The van der Waals surface area contributed by atoms with E-state index in [1.807, 2.05) is 6.92 Å². The zero-order valence-corrected chi connectivity index (χ0v) is 11.2. The molecule has 5 nitrogen and oxygen atoms in total. The van der Waals surface area contributed by atoms with Crippen LogP contribution in [0.5, 0.6) is 0 Å². The average Bonchev–Trinajstić information content (AvgIpc) is 2.43. The number of carbonyl (C=O) groups excluding carboxylic acids is 1. The molecule has 0 saturated carbocycles. The highest BCUT2D eigenvalue weighted by atomic mass is 19.1. The van der Waals surface area contributed by atoms with E-state index in [0.717, 1.165) is 11.6 Å². The molecule has 0 aliphatic carbocycles. The van der Waals surface area contributed by atoms with E-state index in [-0.39, 0.29) is 11.3 Å². The molecule has 0 radical (unpaired) electrons. The second-order valence-corrected chi connectivity index (χ2v) is 4.41. The number of carboxylic acids is 1. The van der Waals surface area contributed by atoms with Crippen LogP contribution in [0, 0.1) is 12.7 Å². The van der Waals surface area contributed by atoms with Crippen molar-refractivity contribution >= 4 is 23.4 Å². The van der Waals surface area contributed by atoms with Gasteiger partial charge in [0, 0.05) is 5.69 Å². The molecule has 0 aromatic heterocycles. The van der Waals surface area contributed by atoms with E-state index in [4.69, 9.17) is 5.11 Å². The summed E-state index contributed by atoms with van der Waals surface area (Å²) in [5.41, 5.74) is 0.873. The van der Waals surface area contributed by atoms with Gasteiger partial charge < -0.3 is 15.7 Å². The highest BCUT2D eigenvalue weighted by Gasteiger charge is 2.16. The van der Waals surface area contributed by atoms with Crippen molar-refractivity contribution in [2.24, 2.45) is 0 Å². The fourth-order valence-corrected chi connectivity index (χ4v) is 1.74. The van der Waals surface area contributed by atoms with Gasteiger partial charge in [-0.15, -0.1) is 0 Å². The van der Waals surface area contributed by atoms with Crippen LogP contribution >= 0.6 is 0 Å². The van der Waals surface area contributed by atoms with Crippen LogP contribution in [-0.2, 0) is 0 Å². The zero-order valence-electron chi connectivity index (χ0n) is 11.2. The van der Waals surface area contributed by atoms with Crippen LogP contribution < -0.4 is 10.6 Å². The van der Waals surface area contributed by atoms with Crippen molar-refractivity contribution in [1.29, 1.82) is 0 Å². The predicted molar refractivity (Wildman–Crippen MR) is 77.2 cm³/mol. The SMILES string of the molecule is Cc1ccc(NC(=O)Nc2c(F)cccc2C(=O)O)cc1. The van der Waals surface area contributed by atoms with Crippen LogP contribution in [0.3, 0.4) is 0 Å². The summed E-state index contributed by atoms with van der Waals surface area (Å²) in [6.07, 6.45) is 0. The van der Waals surface area contributed by atoms with E-state index < -0.39 is 17.8 Å². The minimum atomic E-state index is -1.32. The lowest BCUT2D eigenvalue weighted by atomic mass is 10.1. The second-order valence-electron chi connectivity index (χ2n) is 4.41. The standard InChI is InChI=1S/C15H13FN2O3/c1-9-5-7-10(8-6-9)17-15(21)18-13-11(14(19)20)3-2-4-12(13)16/h2-8H,1H3,(H,19,20)(H2,17,18,21). The van der Waals surface area contributed by atoms with Crippen molar-refractivity contribution in [2.45, 2.75) is 6.92 Å². The number of amides is 2. The average molecular weight is 288 g/mol. The molecule has 108 valence electrons. The number of urea groups is 1. The molecule has 2 aromatic rings. The van der Waals surface area contributed by atoms with Gasteiger partial charge in [0.1, 0.15) is 5.82 Å². The van der Waals surface area contributed by atoms with Crippen molar-refractivity contribution in [3.05, 3.63) is 59.4 Å². The normalized spacial score (nSPS) is 10.0. The predicted octanol–water partition coefficient (Wildman–Crippen LogP) is 3.48. The zero-order chi connectivity index (χ0) is 15.4. The lowest BCUT2D eigenvalue weighted by molar-refractivity contribution is 0.0697. The van der Waals surface area contributed by atoms with Gasteiger partial charge in [-0.3, -0.25) is 0 Å². The van der Waals surface area contributed by atoms with Crippen molar-refractivity contribution in [2.75, 3.05) is 10.6 Å². The second kappa shape index (κ2) is 6.04. The number of hydrogen-bond acceptors (Lipinski definition) is 2. The molecule has 2 amide bonds. The largest absolute Gasteiger partial charge is 0.478 e. The summed E-state index contributed by atoms with van der Waals surface area (Å²) in [5, 5.41) is 13.7. The molecule has 0 fully saturated rings. The topological polar surface area (TPSA) is 78.4 Å². The maximum atomic E-state index is 13.7. The van der Waals surface area contributed by atoms with E-state index in [9.17, 15) is 14.0 Å². The Kier molecular flexibility index (Phi) is 4.18. The molecular weight excluding hydrogens is 275 g/mol. The summed E-state index contributed by atoms with van der Waals surface area (Å²) in [7, 11) is 0. The number of rotatable bonds is 3. The third-order valence-electron chi connectivity index (χ3n) is 2.79. The van der Waals surface area contributed by atoms with Gasteiger partial charge in [-0.05, 0) is 31.2 Å². The Morgan fingerprint density at radius 3 is 2.33 bits per heavy atom. The minimum Gasteiger partial charge on any atom is -0.478 e. The summed E-state index contributed by atoms with van der Waals surface area (Å²) in [6.45, 7) is 1.91. The van der Waals surface area contributed by atoms with Gasteiger partial charge in [0.05, 0.1) is 11.3 Å². The van der Waals surface area contributed by atoms with Crippen molar-refractivity contribution in [3.8, 4) is 0 Å². The number of aryl methyl sites for hydroxylation is 1. The number of para-hydroxylation sites is 1. The molecule has 6 heteroatoms. The Morgan fingerprint density at radius 2 is 1.71 bits per heavy atom. The van der Waals surface area contributed by atoms with Crippen LogP contribution in [0.25, 0.3) is 0 Å². The highest BCUT2D eigenvalue weighted by Crippen LogP contribution is 2.20. The lowest BCUT2D eigenvalue weighted by Crippen LogP contribution is -2.21. The Morgan fingerprint density at radius 1 is 1.05 bits per heavy atom. The molecule has 0 heterocycles. The number of carboxylic acid groups (broad SMARTS) is 1. The van der Waals surface area contributed by atoms with Crippen LogP contribution in [0.15, 0.2) is 42.5 Å². The summed E-state index contributed by atoms with van der Waals surface area (Å²) in [5.74, 6) is -2.13. The molecule has 0 aliphatic heterocycles. The first-order chi connectivity index (χ1) is 9.97. The third-order valence-corrected chi connectivity index (χ3v) is 2.79. The Balaban J connectivity index is 2.16. The monoisotopic (exact) mass is 288 g/mol. The van der Waals surface area contributed by atoms with Crippen LogP contribution in [0.2, 0.25) is 0 Å². The maximum Gasteiger partial charge on any atom is 0.337 e. The van der Waals surface area contributed by atoms with E-state index in [1.165, 1.54) is 12.1 Å². The molecule has 0 unspecified atom stereocenters. The van der Waals surface area contributed by atoms with Gasteiger partial charge in [-0.2, -0.15) is 0 Å². The number of hydrogen-bond donors (Lipinski definition) is 3. The first-order valence-electron chi connectivity index (χ1n) is 6.14. The summed E-state index contributed by atoms with van der Waals surface area (Å²) in [6, 6.07) is 9.83. The summed E-state index contributed by atoms with van der Waals surface area (Å²) in [4.78, 5) is 22.8. The Hall–Kier alpha value is -2.89. The number of aromatic carboxylic acids is 1. The minimum absolute atomic E-state index is 0.311. The lowest BCUT2D eigenvalue weighted by Gasteiger charge is -2.11. The van der Waals surface area contributed by atoms with Crippen molar-refractivity contribution < 1.29 is 19.1 Å². The molecule has 3 N–H and O–H groups in total. The molecule has 2 aromatic carbocycles. The van der Waals surface area contributed by atoms with Crippen LogP contribution in [0.1, 0.15) is 15.9 Å². The molecule has 21 heavy (non-hydrogen) atoms. The van der Waals surface area contributed by atoms with Gasteiger partial charge in [0.2, 0.25) is 0 Å². The summed E-state index contributed by atoms with van der Waals surface area (Å²) >= 11 is 0. The molecule has 2 rings (SSSR count).